The van der Waals surface area contributed by atoms with Crippen LogP contribution in [0.25, 0.3) is 0 Å². The Kier molecular flexibility index (Phi) is 5.10. The molecule has 9 heavy (non-hydrogen) atoms. The second kappa shape index (κ2) is 5.00. The standard InChI is InChI=1S/C7H12S2/c1-4-9-7(3)5-6(2)8/h5H,4H2,1-3H3. The highest BCUT2D eigenvalue weighted by Crippen LogP contribution is 2.13. The van der Waals surface area contributed by atoms with Crippen LogP contribution in [0.3, 0.4) is 0 Å². The van der Waals surface area contributed by atoms with Gasteiger partial charge in [-0.25, -0.2) is 0 Å². The van der Waals surface area contributed by atoms with Gasteiger partial charge in [-0.15, -0.1) is 11.8 Å². The van der Waals surface area contributed by atoms with E-state index in [0.717, 1.165) is 10.6 Å². The third kappa shape index (κ3) is 6.06. The zero-order chi connectivity index (χ0) is 7.28. The number of allylic oxidation sites excluding steroid dienone is 2. The topological polar surface area (TPSA) is 0 Å². The SMILES string of the molecule is CCSC(C)=CC(C)=S. The third-order valence-electron chi connectivity index (χ3n) is 0.779. The van der Waals surface area contributed by atoms with E-state index in [1.165, 1.54) is 4.91 Å². The van der Waals surface area contributed by atoms with Crippen molar-refractivity contribution in [1.82, 2.24) is 0 Å². The van der Waals surface area contributed by atoms with Crippen LogP contribution in [0.2, 0.25) is 0 Å². The van der Waals surface area contributed by atoms with E-state index in [0.29, 0.717) is 0 Å². The summed E-state index contributed by atoms with van der Waals surface area (Å²) in [6.45, 7) is 6.17. The van der Waals surface area contributed by atoms with E-state index in [2.05, 4.69) is 13.8 Å². The Bertz CT molecular complexity index is 125. The minimum absolute atomic E-state index is 0.966. The van der Waals surface area contributed by atoms with Crippen molar-refractivity contribution in [3.63, 3.8) is 0 Å². The molecule has 52 valence electrons. The highest BCUT2D eigenvalue weighted by atomic mass is 32.2. The summed E-state index contributed by atoms with van der Waals surface area (Å²) in [7, 11) is 0. The molecule has 0 aromatic carbocycles. The smallest absolute Gasteiger partial charge is 0.0129 e. The Morgan fingerprint density at radius 2 is 2.11 bits per heavy atom. The molecule has 0 amide bonds. The van der Waals surface area contributed by atoms with Gasteiger partial charge in [0.2, 0.25) is 0 Å². The highest BCUT2D eigenvalue weighted by Gasteiger charge is 1.86. The molecule has 0 saturated heterocycles. The fourth-order valence-corrected chi connectivity index (χ4v) is 1.52. The molecule has 0 saturated carbocycles. The molecular weight excluding hydrogens is 148 g/mol. The van der Waals surface area contributed by atoms with E-state index in [1.54, 1.807) is 0 Å². The Balaban J connectivity index is 3.69. The van der Waals surface area contributed by atoms with E-state index < -0.39 is 0 Å². The fourth-order valence-electron chi connectivity index (χ4n) is 0.556. The highest BCUT2D eigenvalue weighted by molar-refractivity contribution is 8.03. The van der Waals surface area contributed by atoms with Crippen LogP contribution in [0.15, 0.2) is 11.0 Å². The molecule has 0 N–H and O–H groups in total. The van der Waals surface area contributed by atoms with E-state index >= 15 is 0 Å². The lowest BCUT2D eigenvalue weighted by molar-refractivity contribution is 1.52. The zero-order valence-electron chi connectivity index (χ0n) is 6.10. The molecular formula is C7H12S2. The summed E-state index contributed by atoms with van der Waals surface area (Å²) in [4.78, 5) is 2.28. The molecule has 0 aliphatic rings. The van der Waals surface area contributed by atoms with Crippen LogP contribution in [0, 0.1) is 0 Å². The second-order valence-electron chi connectivity index (χ2n) is 1.80. The van der Waals surface area contributed by atoms with Gasteiger partial charge in [0.25, 0.3) is 0 Å². The van der Waals surface area contributed by atoms with Crippen LogP contribution >= 0.6 is 24.0 Å². The molecule has 0 atom stereocenters. The first-order valence-electron chi connectivity index (χ1n) is 2.98. The van der Waals surface area contributed by atoms with Crippen molar-refractivity contribution >= 4 is 28.8 Å². The molecule has 0 aromatic rings. The monoisotopic (exact) mass is 160 g/mol. The molecule has 0 nitrogen and oxygen atoms in total. The minimum Gasteiger partial charge on any atom is -0.131 e. The van der Waals surface area contributed by atoms with Gasteiger partial charge < -0.3 is 0 Å². The summed E-state index contributed by atoms with van der Waals surface area (Å²) < 4.78 is 0. The van der Waals surface area contributed by atoms with Gasteiger partial charge in [0.15, 0.2) is 0 Å². The average molecular weight is 160 g/mol. The lowest BCUT2D eigenvalue weighted by atomic mass is 10.4. The van der Waals surface area contributed by atoms with Gasteiger partial charge in [-0.1, -0.05) is 19.1 Å². The molecule has 2 heteroatoms. The first-order valence-corrected chi connectivity index (χ1v) is 4.38. The lowest BCUT2D eigenvalue weighted by Gasteiger charge is -1.94. The molecule has 0 heterocycles. The van der Waals surface area contributed by atoms with Crippen LogP contribution in [-0.4, -0.2) is 10.6 Å². The number of hydrogen-bond acceptors (Lipinski definition) is 2. The third-order valence-corrected chi connectivity index (χ3v) is 1.76. The first kappa shape index (κ1) is 9.18. The Labute approximate surface area is 66.7 Å². The minimum atomic E-state index is 0.966. The Morgan fingerprint density at radius 1 is 1.56 bits per heavy atom. The van der Waals surface area contributed by atoms with E-state index in [9.17, 15) is 0 Å². The van der Waals surface area contributed by atoms with Crippen molar-refractivity contribution in [2.45, 2.75) is 20.8 Å². The van der Waals surface area contributed by atoms with Crippen molar-refractivity contribution in [2.24, 2.45) is 0 Å². The molecule has 0 rings (SSSR count). The molecule has 0 fully saturated rings. The van der Waals surface area contributed by atoms with Crippen LogP contribution in [0.5, 0.6) is 0 Å². The summed E-state index contributed by atoms with van der Waals surface area (Å²) >= 11 is 6.73. The molecule has 0 aromatic heterocycles. The maximum atomic E-state index is 4.90. The van der Waals surface area contributed by atoms with Crippen molar-refractivity contribution < 1.29 is 0 Å². The van der Waals surface area contributed by atoms with Crippen LogP contribution in [0.4, 0.5) is 0 Å². The van der Waals surface area contributed by atoms with Crippen molar-refractivity contribution in [1.29, 1.82) is 0 Å². The van der Waals surface area contributed by atoms with Gasteiger partial charge in [-0.2, -0.15) is 0 Å². The molecule has 0 spiro atoms. The molecule has 0 radical (unpaired) electrons. The van der Waals surface area contributed by atoms with Crippen LogP contribution in [0.1, 0.15) is 20.8 Å². The van der Waals surface area contributed by atoms with Gasteiger partial charge in [-0.3, -0.25) is 0 Å². The van der Waals surface area contributed by atoms with Crippen molar-refractivity contribution in [2.75, 3.05) is 5.75 Å². The fraction of sp³-hybridized carbons (Fsp3) is 0.571. The lowest BCUT2D eigenvalue weighted by Crippen LogP contribution is -1.78. The largest absolute Gasteiger partial charge is 0.131 e. The Morgan fingerprint density at radius 3 is 2.44 bits per heavy atom. The number of thiocarbonyl (C=S) groups is 1. The molecule has 0 aliphatic carbocycles. The van der Waals surface area contributed by atoms with Gasteiger partial charge in [-0.05, 0) is 30.6 Å². The van der Waals surface area contributed by atoms with Crippen molar-refractivity contribution in [3.8, 4) is 0 Å². The molecule has 0 aliphatic heterocycles. The summed E-state index contributed by atoms with van der Waals surface area (Å²) in [6, 6.07) is 0. The Hall–Kier alpha value is 0.180. The van der Waals surface area contributed by atoms with Crippen molar-refractivity contribution in [3.05, 3.63) is 11.0 Å². The molecule has 0 bridgehead atoms. The zero-order valence-corrected chi connectivity index (χ0v) is 7.73. The number of hydrogen-bond donors (Lipinski definition) is 0. The van der Waals surface area contributed by atoms with Gasteiger partial charge in [0.1, 0.15) is 0 Å². The first-order chi connectivity index (χ1) is 4.16. The van der Waals surface area contributed by atoms with E-state index in [-0.39, 0.29) is 0 Å². The van der Waals surface area contributed by atoms with Gasteiger partial charge >= 0.3 is 0 Å². The van der Waals surface area contributed by atoms with E-state index in [4.69, 9.17) is 12.2 Å². The average Bonchev–Trinajstić information content (AvgIpc) is 1.63. The summed E-state index contributed by atoms with van der Waals surface area (Å²) in [6.07, 6.45) is 2.03. The summed E-state index contributed by atoms with van der Waals surface area (Å²) in [5.74, 6) is 1.13. The van der Waals surface area contributed by atoms with Gasteiger partial charge in [0, 0.05) is 4.86 Å². The normalized spacial score (nSPS) is 11.7. The maximum Gasteiger partial charge on any atom is 0.0129 e. The summed E-state index contributed by atoms with van der Waals surface area (Å²) in [5.41, 5.74) is 0. The second-order valence-corrected chi connectivity index (χ2v) is 3.95. The van der Waals surface area contributed by atoms with Gasteiger partial charge in [0.05, 0.1) is 0 Å². The van der Waals surface area contributed by atoms with Crippen LogP contribution < -0.4 is 0 Å². The quantitative estimate of drug-likeness (QED) is 0.460. The number of thioether (sulfide) groups is 1. The summed E-state index contributed by atoms with van der Waals surface area (Å²) in [5, 5.41) is 0. The predicted molar refractivity (Wildman–Crippen MR) is 50.2 cm³/mol. The van der Waals surface area contributed by atoms with Crippen LogP contribution in [-0.2, 0) is 0 Å². The predicted octanol–water partition coefficient (Wildman–Crippen LogP) is 3.03. The number of rotatable bonds is 3. The molecule has 0 unspecified atom stereocenters. The van der Waals surface area contributed by atoms with E-state index in [1.807, 2.05) is 24.8 Å². The maximum absolute atomic E-state index is 4.90.